The summed E-state index contributed by atoms with van der Waals surface area (Å²) in [7, 11) is 0. The molecule has 1 aliphatic rings. The molecule has 1 aromatic carbocycles. The van der Waals surface area contributed by atoms with Crippen LogP contribution < -0.4 is 10.1 Å². The van der Waals surface area contributed by atoms with Crippen LogP contribution in [0.4, 0.5) is 0 Å². The van der Waals surface area contributed by atoms with Crippen molar-refractivity contribution in [1.29, 1.82) is 0 Å². The number of amides is 1. The summed E-state index contributed by atoms with van der Waals surface area (Å²) in [6.45, 7) is 0.912. The number of rotatable bonds is 5. The lowest BCUT2D eigenvalue weighted by Crippen LogP contribution is -2.38. The van der Waals surface area contributed by atoms with Gasteiger partial charge in [-0.25, -0.2) is 4.98 Å². The number of carbonyl (C=O) groups excluding carboxylic acids is 1. The van der Waals surface area contributed by atoms with E-state index in [1.807, 2.05) is 36.4 Å². The van der Waals surface area contributed by atoms with E-state index < -0.39 is 0 Å². The molecule has 4 rings (SSSR count). The summed E-state index contributed by atoms with van der Waals surface area (Å²) in [5, 5.41) is 10.1. The molecule has 0 saturated heterocycles. The molecule has 1 amide bonds. The van der Waals surface area contributed by atoms with Crippen molar-refractivity contribution in [3.05, 3.63) is 60.2 Å². The molecular formula is C19H19N5O2. The van der Waals surface area contributed by atoms with Crippen molar-refractivity contribution in [3.8, 4) is 17.1 Å². The first kappa shape index (κ1) is 16.3. The van der Waals surface area contributed by atoms with Crippen molar-refractivity contribution in [2.75, 3.05) is 13.2 Å². The number of pyridine rings is 1. The van der Waals surface area contributed by atoms with Crippen LogP contribution in [0.3, 0.4) is 0 Å². The largest absolute Gasteiger partial charge is 0.492 e. The molecule has 0 aliphatic carbocycles. The second kappa shape index (κ2) is 7.35. The molecule has 0 fully saturated rings. The van der Waals surface area contributed by atoms with Crippen LogP contribution in [0.15, 0.2) is 48.8 Å². The zero-order valence-electron chi connectivity index (χ0n) is 14.2. The third-order valence-corrected chi connectivity index (χ3v) is 4.36. The Morgan fingerprint density at radius 1 is 1.27 bits per heavy atom. The zero-order valence-corrected chi connectivity index (χ0v) is 14.2. The minimum absolute atomic E-state index is 0.00602. The van der Waals surface area contributed by atoms with Crippen LogP contribution in [0.5, 0.6) is 5.75 Å². The summed E-state index contributed by atoms with van der Waals surface area (Å²) >= 11 is 0. The van der Waals surface area contributed by atoms with Gasteiger partial charge in [-0.05, 0) is 30.2 Å². The van der Waals surface area contributed by atoms with Crippen LogP contribution in [-0.4, -0.2) is 39.2 Å². The molecule has 2 aromatic heterocycles. The highest BCUT2D eigenvalue weighted by atomic mass is 16.5. The first-order valence-electron chi connectivity index (χ1n) is 8.59. The molecule has 3 aromatic rings. The van der Waals surface area contributed by atoms with Crippen LogP contribution in [0.1, 0.15) is 11.4 Å². The van der Waals surface area contributed by atoms with Gasteiger partial charge in [0.2, 0.25) is 5.91 Å². The van der Waals surface area contributed by atoms with Crippen molar-refractivity contribution in [2.24, 2.45) is 5.92 Å². The third-order valence-electron chi connectivity index (χ3n) is 4.36. The summed E-state index contributed by atoms with van der Waals surface area (Å²) in [6.07, 6.45) is 4.72. The average molecular weight is 349 g/mol. The van der Waals surface area contributed by atoms with E-state index in [1.54, 1.807) is 12.4 Å². The summed E-state index contributed by atoms with van der Waals surface area (Å²) in [5.41, 5.74) is 1.94. The van der Waals surface area contributed by atoms with Crippen LogP contribution in [0, 0.1) is 5.92 Å². The van der Waals surface area contributed by atoms with Gasteiger partial charge in [-0.3, -0.25) is 14.9 Å². The molecule has 132 valence electrons. The number of para-hydroxylation sites is 1. The fourth-order valence-corrected chi connectivity index (χ4v) is 2.98. The van der Waals surface area contributed by atoms with Gasteiger partial charge in [0.1, 0.15) is 18.2 Å². The van der Waals surface area contributed by atoms with Crippen LogP contribution in [0.2, 0.25) is 0 Å². The van der Waals surface area contributed by atoms with Crippen molar-refractivity contribution >= 4 is 5.91 Å². The lowest BCUT2D eigenvalue weighted by Gasteiger charge is -2.24. The van der Waals surface area contributed by atoms with Crippen molar-refractivity contribution in [1.82, 2.24) is 25.5 Å². The SMILES string of the molecule is O=C(NCCc1nc(-c2cccnc2)n[nH]1)C1COc2ccccc2C1. The molecule has 2 N–H and O–H groups in total. The maximum absolute atomic E-state index is 12.4. The Bertz CT molecular complexity index is 894. The number of aromatic nitrogens is 4. The summed E-state index contributed by atoms with van der Waals surface area (Å²) < 4.78 is 5.68. The van der Waals surface area contributed by atoms with Crippen LogP contribution >= 0.6 is 0 Å². The lowest BCUT2D eigenvalue weighted by atomic mass is 9.96. The van der Waals surface area contributed by atoms with E-state index >= 15 is 0 Å². The predicted molar refractivity (Wildman–Crippen MR) is 95.5 cm³/mol. The van der Waals surface area contributed by atoms with Gasteiger partial charge in [0, 0.05) is 30.9 Å². The fraction of sp³-hybridized carbons (Fsp3) is 0.263. The monoisotopic (exact) mass is 349 g/mol. The molecule has 1 unspecified atom stereocenters. The number of aromatic amines is 1. The van der Waals surface area contributed by atoms with Crippen molar-refractivity contribution in [3.63, 3.8) is 0 Å². The van der Waals surface area contributed by atoms with Crippen LogP contribution in [0.25, 0.3) is 11.4 Å². The number of benzene rings is 1. The molecule has 0 bridgehead atoms. The second-order valence-corrected chi connectivity index (χ2v) is 6.21. The van der Waals surface area contributed by atoms with Gasteiger partial charge in [-0.1, -0.05) is 18.2 Å². The van der Waals surface area contributed by atoms with E-state index in [0.717, 1.165) is 22.7 Å². The molecular weight excluding hydrogens is 330 g/mol. The summed E-state index contributed by atoms with van der Waals surface area (Å²) in [6, 6.07) is 11.6. The molecule has 1 atom stereocenters. The van der Waals surface area contributed by atoms with Crippen molar-refractivity contribution < 1.29 is 9.53 Å². The van der Waals surface area contributed by atoms with Gasteiger partial charge >= 0.3 is 0 Å². The third kappa shape index (κ3) is 3.56. The van der Waals surface area contributed by atoms with Gasteiger partial charge < -0.3 is 10.1 Å². The second-order valence-electron chi connectivity index (χ2n) is 6.21. The maximum Gasteiger partial charge on any atom is 0.226 e. The normalized spacial score (nSPS) is 15.8. The highest BCUT2D eigenvalue weighted by Gasteiger charge is 2.25. The summed E-state index contributed by atoms with van der Waals surface area (Å²) in [5.74, 6) is 2.06. The van der Waals surface area contributed by atoms with Crippen molar-refractivity contribution in [2.45, 2.75) is 12.8 Å². The first-order chi connectivity index (χ1) is 12.8. The molecule has 3 heterocycles. The molecule has 1 aliphatic heterocycles. The fourth-order valence-electron chi connectivity index (χ4n) is 2.98. The van der Waals surface area contributed by atoms with E-state index in [2.05, 4.69) is 25.5 Å². The van der Waals surface area contributed by atoms with E-state index in [4.69, 9.17) is 4.74 Å². The Balaban J connectivity index is 1.29. The Morgan fingerprint density at radius 3 is 3.08 bits per heavy atom. The van der Waals surface area contributed by atoms with Gasteiger partial charge in [0.25, 0.3) is 0 Å². The van der Waals surface area contributed by atoms with Gasteiger partial charge in [-0.15, -0.1) is 0 Å². The minimum atomic E-state index is -0.161. The van der Waals surface area contributed by atoms with E-state index in [0.29, 0.717) is 31.8 Å². The van der Waals surface area contributed by atoms with Gasteiger partial charge in [0.05, 0.1) is 5.92 Å². The standard InChI is InChI=1S/C19H19N5O2/c25-19(15-10-13-4-1-2-6-16(13)26-12-15)21-9-7-17-22-18(24-23-17)14-5-3-8-20-11-14/h1-6,8,11,15H,7,9-10,12H2,(H,21,25)(H,22,23,24). The number of H-pyrrole nitrogens is 1. The van der Waals surface area contributed by atoms with Gasteiger partial charge in [-0.2, -0.15) is 5.10 Å². The highest BCUT2D eigenvalue weighted by Crippen LogP contribution is 2.26. The number of nitrogens with one attached hydrogen (secondary N) is 2. The molecule has 0 radical (unpaired) electrons. The molecule has 0 saturated carbocycles. The number of fused-ring (bicyclic) bond motifs is 1. The number of hydrogen-bond donors (Lipinski definition) is 2. The molecule has 26 heavy (non-hydrogen) atoms. The number of carbonyl (C=O) groups is 1. The van der Waals surface area contributed by atoms with E-state index in [-0.39, 0.29) is 11.8 Å². The Morgan fingerprint density at radius 2 is 2.19 bits per heavy atom. The molecule has 7 nitrogen and oxygen atoms in total. The highest BCUT2D eigenvalue weighted by molar-refractivity contribution is 5.79. The minimum Gasteiger partial charge on any atom is -0.492 e. The number of hydrogen-bond acceptors (Lipinski definition) is 5. The van der Waals surface area contributed by atoms with E-state index in [1.165, 1.54) is 0 Å². The summed E-state index contributed by atoms with van der Waals surface area (Å²) in [4.78, 5) is 20.9. The number of ether oxygens (including phenoxy) is 1. The van der Waals surface area contributed by atoms with Gasteiger partial charge in [0.15, 0.2) is 5.82 Å². The Hall–Kier alpha value is -3.22. The van der Waals surface area contributed by atoms with Crippen LogP contribution in [-0.2, 0) is 17.6 Å². The zero-order chi connectivity index (χ0) is 17.8. The number of nitrogens with zero attached hydrogens (tertiary/aromatic N) is 3. The molecule has 0 spiro atoms. The predicted octanol–water partition coefficient (Wildman–Crippen LogP) is 1.78. The van der Waals surface area contributed by atoms with E-state index in [9.17, 15) is 4.79 Å². The Labute approximate surface area is 150 Å². The quantitative estimate of drug-likeness (QED) is 0.732. The average Bonchev–Trinajstić information content (AvgIpc) is 3.17. The lowest BCUT2D eigenvalue weighted by molar-refractivity contribution is -0.126. The maximum atomic E-state index is 12.4. The Kier molecular flexibility index (Phi) is 4.59. The topological polar surface area (TPSA) is 92.8 Å². The molecule has 7 heteroatoms. The first-order valence-corrected chi connectivity index (χ1v) is 8.59. The smallest absolute Gasteiger partial charge is 0.226 e.